The molecular weight excluding hydrogens is 228 g/mol. The first-order valence-corrected chi connectivity index (χ1v) is 6.83. The Morgan fingerprint density at radius 1 is 0.789 bits per heavy atom. The van der Waals surface area contributed by atoms with E-state index in [-0.39, 0.29) is 5.41 Å². The van der Waals surface area contributed by atoms with Crippen molar-refractivity contribution in [3.05, 3.63) is 96.1 Å². The van der Waals surface area contributed by atoms with Crippen molar-refractivity contribution < 1.29 is 0 Å². The molecule has 0 spiro atoms. The Labute approximate surface area is 115 Å². The van der Waals surface area contributed by atoms with Gasteiger partial charge in [0.2, 0.25) is 0 Å². The molecule has 2 aromatic carbocycles. The maximum absolute atomic E-state index is 2.36. The monoisotopic (exact) mass is 246 g/mol. The number of allylic oxidation sites excluding steroid dienone is 4. The lowest BCUT2D eigenvalue weighted by molar-refractivity contribution is 0.534. The molecule has 0 fully saturated rings. The summed E-state index contributed by atoms with van der Waals surface area (Å²) in [5.41, 5.74) is 2.91. The van der Waals surface area contributed by atoms with Gasteiger partial charge in [-0.1, -0.05) is 85.0 Å². The molecule has 0 saturated carbocycles. The van der Waals surface area contributed by atoms with Crippen molar-refractivity contribution in [1.82, 2.24) is 0 Å². The smallest absolute Gasteiger partial charge is 0.0210 e. The van der Waals surface area contributed by atoms with Gasteiger partial charge >= 0.3 is 0 Å². The molecule has 0 N–H and O–H groups in total. The van der Waals surface area contributed by atoms with E-state index in [0.29, 0.717) is 0 Å². The van der Waals surface area contributed by atoms with Crippen LogP contribution in [0, 0.1) is 0 Å². The Balaban J connectivity index is 1.99. The number of rotatable bonds is 3. The Morgan fingerprint density at radius 2 is 1.47 bits per heavy atom. The summed E-state index contributed by atoms with van der Waals surface area (Å²) >= 11 is 0. The van der Waals surface area contributed by atoms with Crippen LogP contribution in [0.25, 0.3) is 0 Å². The number of hydrogen-bond donors (Lipinski definition) is 0. The van der Waals surface area contributed by atoms with Crippen molar-refractivity contribution in [3.8, 4) is 0 Å². The van der Waals surface area contributed by atoms with Crippen molar-refractivity contribution in [2.75, 3.05) is 0 Å². The van der Waals surface area contributed by atoms with Gasteiger partial charge in [0.1, 0.15) is 0 Å². The third kappa shape index (κ3) is 2.53. The predicted molar refractivity (Wildman–Crippen MR) is 81.2 cm³/mol. The van der Waals surface area contributed by atoms with E-state index in [1.807, 2.05) is 0 Å². The molecule has 0 amide bonds. The van der Waals surface area contributed by atoms with E-state index in [4.69, 9.17) is 0 Å². The predicted octanol–water partition coefficient (Wildman–Crippen LogP) is 4.68. The fraction of sp³-hybridized carbons (Fsp3) is 0.158. The van der Waals surface area contributed by atoms with Gasteiger partial charge in [-0.05, 0) is 24.0 Å². The highest BCUT2D eigenvalue weighted by Crippen LogP contribution is 2.36. The lowest BCUT2D eigenvalue weighted by Gasteiger charge is -2.32. The highest BCUT2D eigenvalue weighted by atomic mass is 14.3. The van der Waals surface area contributed by atoms with Crippen LogP contribution in [0.4, 0.5) is 0 Å². The molecule has 0 saturated heterocycles. The van der Waals surface area contributed by atoms with E-state index in [9.17, 15) is 0 Å². The average molecular weight is 246 g/mol. The minimum Gasteiger partial charge on any atom is -0.0833 e. The summed E-state index contributed by atoms with van der Waals surface area (Å²) < 4.78 is 0. The van der Waals surface area contributed by atoms with Crippen molar-refractivity contribution in [3.63, 3.8) is 0 Å². The zero-order valence-electron chi connectivity index (χ0n) is 11.0. The first kappa shape index (κ1) is 12.0. The van der Waals surface area contributed by atoms with Crippen molar-refractivity contribution in [2.45, 2.75) is 18.3 Å². The highest BCUT2D eigenvalue weighted by Gasteiger charge is 2.29. The quantitative estimate of drug-likeness (QED) is 0.737. The molecule has 0 nitrogen and oxygen atoms in total. The van der Waals surface area contributed by atoms with Crippen molar-refractivity contribution in [1.29, 1.82) is 0 Å². The minimum atomic E-state index is 0.108. The summed E-state index contributed by atoms with van der Waals surface area (Å²) in [4.78, 5) is 0. The van der Waals surface area contributed by atoms with Crippen LogP contribution < -0.4 is 0 Å². The van der Waals surface area contributed by atoms with Crippen LogP contribution in [0.2, 0.25) is 0 Å². The first-order chi connectivity index (χ1) is 9.39. The Hall–Kier alpha value is -2.08. The Bertz CT molecular complexity index is 578. The second-order valence-electron chi connectivity index (χ2n) is 5.18. The fourth-order valence-electron chi connectivity index (χ4n) is 2.84. The molecule has 0 aliphatic heterocycles. The number of hydrogen-bond acceptors (Lipinski definition) is 0. The average Bonchev–Trinajstić information content (AvgIpc) is 2.50. The summed E-state index contributed by atoms with van der Waals surface area (Å²) in [7, 11) is 0. The molecule has 1 aliphatic carbocycles. The Kier molecular flexibility index (Phi) is 3.33. The molecule has 0 heterocycles. The van der Waals surface area contributed by atoms with Gasteiger partial charge in [-0.2, -0.15) is 0 Å². The second kappa shape index (κ2) is 5.27. The van der Waals surface area contributed by atoms with E-state index < -0.39 is 0 Å². The SMILES string of the molecule is C1=CCC(Cc2ccccc2)(c2ccccc2)C=C1. The summed E-state index contributed by atoms with van der Waals surface area (Å²) in [6.07, 6.45) is 11.1. The molecule has 0 aromatic heterocycles. The van der Waals surface area contributed by atoms with Gasteiger partial charge < -0.3 is 0 Å². The molecule has 19 heavy (non-hydrogen) atoms. The lowest BCUT2D eigenvalue weighted by atomic mass is 9.71. The van der Waals surface area contributed by atoms with E-state index in [1.54, 1.807) is 0 Å². The molecule has 2 aromatic rings. The van der Waals surface area contributed by atoms with Gasteiger partial charge in [-0.15, -0.1) is 0 Å². The van der Waals surface area contributed by atoms with Gasteiger partial charge in [0.05, 0.1) is 0 Å². The van der Waals surface area contributed by atoms with Crippen LogP contribution in [0.5, 0.6) is 0 Å². The van der Waals surface area contributed by atoms with E-state index in [0.717, 1.165) is 12.8 Å². The van der Waals surface area contributed by atoms with E-state index in [1.165, 1.54) is 11.1 Å². The zero-order chi connectivity index (χ0) is 13.0. The standard InChI is InChI=1S/C19H18/c1-4-10-17(11-5-1)16-19(14-8-3-9-15-19)18-12-6-2-7-13-18/h1-14H,15-16H2. The summed E-state index contributed by atoms with van der Waals surface area (Å²) in [5, 5.41) is 0. The normalized spacial score (nSPS) is 21.5. The van der Waals surface area contributed by atoms with Gasteiger partial charge in [0.15, 0.2) is 0 Å². The van der Waals surface area contributed by atoms with Crippen LogP contribution >= 0.6 is 0 Å². The molecule has 1 atom stereocenters. The fourth-order valence-corrected chi connectivity index (χ4v) is 2.84. The third-order valence-electron chi connectivity index (χ3n) is 3.86. The molecule has 1 unspecified atom stereocenters. The molecule has 0 heteroatoms. The zero-order valence-corrected chi connectivity index (χ0v) is 11.0. The Morgan fingerprint density at radius 3 is 2.11 bits per heavy atom. The molecule has 0 radical (unpaired) electrons. The maximum atomic E-state index is 2.36. The van der Waals surface area contributed by atoms with E-state index in [2.05, 4.69) is 85.0 Å². The second-order valence-corrected chi connectivity index (χ2v) is 5.18. The van der Waals surface area contributed by atoms with Crippen LogP contribution in [0.15, 0.2) is 85.0 Å². The lowest BCUT2D eigenvalue weighted by Crippen LogP contribution is -2.27. The summed E-state index contributed by atoms with van der Waals surface area (Å²) in [5.74, 6) is 0. The first-order valence-electron chi connectivity index (χ1n) is 6.83. The van der Waals surface area contributed by atoms with Crippen LogP contribution in [0.1, 0.15) is 17.5 Å². The molecule has 1 aliphatic rings. The maximum Gasteiger partial charge on any atom is 0.0210 e. The molecular formula is C19H18. The third-order valence-corrected chi connectivity index (χ3v) is 3.86. The minimum absolute atomic E-state index is 0.108. The number of benzene rings is 2. The summed E-state index contributed by atoms with van der Waals surface area (Å²) in [6, 6.07) is 21.6. The molecule has 94 valence electrons. The van der Waals surface area contributed by atoms with Crippen molar-refractivity contribution in [2.24, 2.45) is 0 Å². The van der Waals surface area contributed by atoms with Gasteiger partial charge in [0.25, 0.3) is 0 Å². The van der Waals surface area contributed by atoms with Gasteiger partial charge in [-0.3, -0.25) is 0 Å². The van der Waals surface area contributed by atoms with Gasteiger partial charge in [-0.25, -0.2) is 0 Å². The largest absolute Gasteiger partial charge is 0.0833 e. The van der Waals surface area contributed by atoms with Crippen molar-refractivity contribution >= 4 is 0 Å². The van der Waals surface area contributed by atoms with E-state index >= 15 is 0 Å². The topological polar surface area (TPSA) is 0 Å². The highest BCUT2D eigenvalue weighted by molar-refractivity contribution is 5.38. The molecule has 0 bridgehead atoms. The van der Waals surface area contributed by atoms with Gasteiger partial charge in [0, 0.05) is 5.41 Å². The van der Waals surface area contributed by atoms with Crippen LogP contribution in [-0.4, -0.2) is 0 Å². The van der Waals surface area contributed by atoms with Crippen LogP contribution in [0.3, 0.4) is 0 Å². The van der Waals surface area contributed by atoms with Crippen LogP contribution in [-0.2, 0) is 11.8 Å². The molecule has 3 rings (SSSR count). The summed E-state index contributed by atoms with van der Waals surface area (Å²) in [6.45, 7) is 0.